The lowest BCUT2D eigenvalue weighted by Crippen LogP contribution is -2.25. The van der Waals surface area contributed by atoms with E-state index >= 15 is 0 Å². The Bertz CT molecular complexity index is 391. The van der Waals surface area contributed by atoms with Crippen molar-refractivity contribution in [2.24, 2.45) is 0 Å². The molecule has 21 heavy (non-hydrogen) atoms. The van der Waals surface area contributed by atoms with Gasteiger partial charge in [-0.1, -0.05) is 25.1 Å². The van der Waals surface area contributed by atoms with E-state index in [0.29, 0.717) is 19.8 Å². The summed E-state index contributed by atoms with van der Waals surface area (Å²) in [5, 5.41) is 3.32. The van der Waals surface area contributed by atoms with Crippen molar-refractivity contribution < 1.29 is 14.2 Å². The minimum atomic E-state index is 0.278. The molecule has 1 heterocycles. The first kappa shape index (κ1) is 16.3. The molecule has 2 rings (SSSR count). The van der Waals surface area contributed by atoms with Crippen molar-refractivity contribution in [2.45, 2.75) is 38.8 Å². The zero-order valence-corrected chi connectivity index (χ0v) is 13.0. The van der Waals surface area contributed by atoms with Gasteiger partial charge in [-0.25, -0.2) is 0 Å². The molecule has 118 valence electrons. The van der Waals surface area contributed by atoms with Gasteiger partial charge in [-0.15, -0.1) is 0 Å². The standard InChI is InChI=1S/C17H27NO3/c1-2-18-13-15-7-3-4-9-17(15)21-12-11-19-14-16-8-5-6-10-20-16/h3-4,7,9,16,18H,2,5-6,8,10-14H2,1H3. The molecule has 0 radical (unpaired) electrons. The zero-order chi connectivity index (χ0) is 14.8. The predicted octanol–water partition coefficient (Wildman–Crippen LogP) is 2.76. The molecule has 1 aliphatic heterocycles. The van der Waals surface area contributed by atoms with Crippen molar-refractivity contribution in [1.29, 1.82) is 0 Å². The highest BCUT2D eigenvalue weighted by Crippen LogP contribution is 2.17. The number of rotatable bonds is 9. The van der Waals surface area contributed by atoms with Gasteiger partial charge in [0.1, 0.15) is 12.4 Å². The van der Waals surface area contributed by atoms with Crippen molar-refractivity contribution in [1.82, 2.24) is 5.32 Å². The smallest absolute Gasteiger partial charge is 0.123 e. The lowest BCUT2D eigenvalue weighted by molar-refractivity contribution is -0.0444. The second kappa shape index (κ2) is 9.77. The fourth-order valence-corrected chi connectivity index (χ4v) is 2.41. The molecule has 0 saturated carbocycles. The summed E-state index contributed by atoms with van der Waals surface area (Å²) in [5.74, 6) is 0.941. The van der Waals surface area contributed by atoms with Crippen LogP contribution in [0.15, 0.2) is 24.3 Å². The van der Waals surface area contributed by atoms with Crippen LogP contribution < -0.4 is 10.1 Å². The SMILES string of the molecule is CCNCc1ccccc1OCCOCC1CCCCO1. The third kappa shape index (κ3) is 6.04. The Morgan fingerprint density at radius 1 is 1.24 bits per heavy atom. The van der Waals surface area contributed by atoms with Gasteiger partial charge >= 0.3 is 0 Å². The highest BCUT2D eigenvalue weighted by Gasteiger charge is 2.13. The molecule has 0 spiro atoms. The molecular formula is C17H27NO3. The Kier molecular flexibility index (Phi) is 7.57. The first-order chi connectivity index (χ1) is 10.4. The van der Waals surface area contributed by atoms with Crippen LogP contribution in [0.1, 0.15) is 31.7 Å². The number of hydrogen-bond donors (Lipinski definition) is 1. The highest BCUT2D eigenvalue weighted by atomic mass is 16.5. The highest BCUT2D eigenvalue weighted by molar-refractivity contribution is 5.33. The summed E-state index contributed by atoms with van der Waals surface area (Å²) >= 11 is 0. The fraction of sp³-hybridized carbons (Fsp3) is 0.647. The molecule has 4 heteroatoms. The molecule has 1 saturated heterocycles. The summed E-state index contributed by atoms with van der Waals surface area (Å²) < 4.78 is 17.1. The summed E-state index contributed by atoms with van der Waals surface area (Å²) in [7, 11) is 0. The molecule has 4 nitrogen and oxygen atoms in total. The Morgan fingerprint density at radius 2 is 2.14 bits per heavy atom. The number of benzene rings is 1. The largest absolute Gasteiger partial charge is 0.491 e. The Balaban J connectivity index is 1.63. The monoisotopic (exact) mass is 293 g/mol. The van der Waals surface area contributed by atoms with Gasteiger partial charge in [0.15, 0.2) is 0 Å². The lowest BCUT2D eigenvalue weighted by atomic mass is 10.1. The van der Waals surface area contributed by atoms with E-state index in [9.17, 15) is 0 Å². The molecule has 0 aliphatic carbocycles. The Labute approximate surface area is 127 Å². The van der Waals surface area contributed by atoms with Crippen LogP contribution in [0, 0.1) is 0 Å². The number of nitrogens with one attached hydrogen (secondary N) is 1. The van der Waals surface area contributed by atoms with Crippen LogP contribution >= 0.6 is 0 Å². The molecule has 0 bridgehead atoms. The average Bonchev–Trinajstić information content (AvgIpc) is 2.54. The average molecular weight is 293 g/mol. The van der Waals surface area contributed by atoms with Crippen molar-refractivity contribution >= 4 is 0 Å². The van der Waals surface area contributed by atoms with E-state index < -0.39 is 0 Å². The van der Waals surface area contributed by atoms with Gasteiger partial charge in [0.2, 0.25) is 0 Å². The first-order valence-corrected chi connectivity index (χ1v) is 8.01. The quantitative estimate of drug-likeness (QED) is 0.711. The first-order valence-electron chi connectivity index (χ1n) is 8.01. The van der Waals surface area contributed by atoms with E-state index in [1.54, 1.807) is 0 Å². The molecule has 1 N–H and O–H groups in total. The zero-order valence-electron chi connectivity index (χ0n) is 13.0. The lowest BCUT2D eigenvalue weighted by Gasteiger charge is -2.22. The normalized spacial score (nSPS) is 18.6. The maximum Gasteiger partial charge on any atom is 0.123 e. The van der Waals surface area contributed by atoms with Crippen LogP contribution in [-0.2, 0) is 16.0 Å². The molecule has 1 aromatic rings. The van der Waals surface area contributed by atoms with E-state index in [0.717, 1.165) is 31.9 Å². The topological polar surface area (TPSA) is 39.7 Å². The van der Waals surface area contributed by atoms with Crippen LogP contribution in [-0.4, -0.2) is 39.1 Å². The Morgan fingerprint density at radius 3 is 2.95 bits per heavy atom. The van der Waals surface area contributed by atoms with Gasteiger partial charge in [0, 0.05) is 18.7 Å². The van der Waals surface area contributed by atoms with Crippen molar-refractivity contribution in [3.05, 3.63) is 29.8 Å². The molecule has 1 aromatic carbocycles. The Hall–Kier alpha value is -1.10. The number of para-hydroxylation sites is 1. The van der Waals surface area contributed by atoms with Gasteiger partial charge in [-0.3, -0.25) is 0 Å². The molecule has 1 fully saturated rings. The second-order valence-electron chi connectivity index (χ2n) is 5.30. The number of hydrogen-bond acceptors (Lipinski definition) is 4. The summed E-state index contributed by atoms with van der Waals surface area (Å²) in [5.41, 5.74) is 1.19. The third-order valence-corrected chi connectivity index (χ3v) is 3.60. The van der Waals surface area contributed by atoms with Crippen molar-refractivity contribution in [3.63, 3.8) is 0 Å². The number of ether oxygens (including phenoxy) is 3. The molecule has 1 atom stereocenters. The minimum absolute atomic E-state index is 0.278. The van der Waals surface area contributed by atoms with E-state index in [-0.39, 0.29) is 6.10 Å². The maximum atomic E-state index is 5.82. The van der Waals surface area contributed by atoms with E-state index in [1.165, 1.54) is 18.4 Å². The van der Waals surface area contributed by atoms with E-state index in [2.05, 4.69) is 18.3 Å². The molecule has 1 unspecified atom stereocenters. The van der Waals surface area contributed by atoms with Crippen molar-refractivity contribution in [2.75, 3.05) is 33.0 Å². The van der Waals surface area contributed by atoms with Crippen LogP contribution in [0.2, 0.25) is 0 Å². The molecule has 0 aromatic heterocycles. The fourth-order valence-electron chi connectivity index (χ4n) is 2.41. The maximum absolute atomic E-state index is 5.82. The summed E-state index contributed by atoms with van der Waals surface area (Å²) in [6, 6.07) is 8.14. The van der Waals surface area contributed by atoms with Gasteiger partial charge in [-0.2, -0.15) is 0 Å². The van der Waals surface area contributed by atoms with Gasteiger partial charge in [0.25, 0.3) is 0 Å². The third-order valence-electron chi connectivity index (χ3n) is 3.60. The van der Waals surface area contributed by atoms with E-state index in [4.69, 9.17) is 14.2 Å². The van der Waals surface area contributed by atoms with Gasteiger partial charge < -0.3 is 19.5 Å². The predicted molar refractivity (Wildman–Crippen MR) is 83.7 cm³/mol. The van der Waals surface area contributed by atoms with Crippen molar-refractivity contribution in [3.8, 4) is 5.75 Å². The van der Waals surface area contributed by atoms with E-state index in [1.807, 2.05) is 18.2 Å². The molecular weight excluding hydrogens is 266 g/mol. The summed E-state index contributed by atoms with van der Waals surface area (Å²) in [4.78, 5) is 0. The summed E-state index contributed by atoms with van der Waals surface area (Å²) in [6.45, 7) is 6.64. The van der Waals surface area contributed by atoms with Crippen LogP contribution in [0.5, 0.6) is 5.75 Å². The van der Waals surface area contributed by atoms with Crippen LogP contribution in [0.25, 0.3) is 0 Å². The minimum Gasteiger partial charge on any atom is -0.491 e. The molecule has 0 amide bonds. The summed E-state index contributed by atoms with van der Waals surface area (Å²) in [6.07, 6.45) is 3.83. The second-order valence-corrected chi connectivity index (χ2v) is 5.30. The van der Waals surface area contributed by atoms with Crippen LogP contribution in [0.3, 0.4) is 0 Å². The van der Waals surface area contributed by atoms with Crippen LogP contribution in [0.4, 0.5) is 0 Å². The van der Waals surface area contributed by atoms with Gasteiger partial charge in [-0.05, 0) is 31.9 Å². The molecule has 1 aliphatic rings. The van der Waals surface area contributed by atoms with Gasteiger partial charge in [0.05, 0.1) is 19.3 Å².